The molecule has 0 atom stereocenters. The molecule has 4 nitrogen and oxygen atoms in total. The van der Waals surface area contributed by atoms with Crippen molar-refractivity contribution in [2.75, 3.05) is 6.61 Å². The van der Waals surface area contributed by atoms with Gasteiger partial charge in [-0.3, -0.25) is 9.36 Å². The van der Waals surface area contributed by atoms with Gasteiger partial charge >= 0.3 is 0 Å². The van der Waals surface area contributed by atoms with Crippen LogP contribution in [0.2, 0.25) is 0 Å². The van der Waals surface area contributed by atoms with E-state index in [4.69, 9.17) is 9.84 Å². The molecule has 0 spiro atoms. The molecule has 0 aliphatic rings. The number of hydrogen-bond donors (Lipinski definition) is 1. The Hall–Kier alpha value is -2.91. The van der Waals surface area contributed by atoms with Crippen LogP contribution in [0.5, 0.6) is 5.75 Å². The maximum Gasteiger partial charge on any atom is 0.273 e. The molecule has 1 heterocycles. The van der Waals surface area contributed by atoms with Crippen LogP contribution in [0.1, 0.15) is 16.8 Å². The Kier molecular flexibility index (Phi) is 6.97. The van der Waals surface area contributed by atoms with Crippen molar-refractivity contribution < 1.29 is 27.4 Å². The van der Waals surface area contributed by atoms with Gasteiger partial charge in [-0.15, -0.1) is 0 Å². The van der Waals surface area contributed by atoms with Crippen LogP contribution in [0.15, 0.2) is 51.7 Å². The lowest BCUT2D eigenvalue weighted by atomic mass is 10.1. The van der Waals surface area contributed by atoms with Crippen molar-refractivity contribution in [1.29, 1.82) is 0 Å². The molecule has 0 aliphatic heterocycles. The minimum Gasteiger partial charge on any atom is -0.487 e. The molecule has 1 aromatic heterocycles. The summed E-state index contributed by atoms with van der Waals surface area (Å²) in [5.41, 5.74) is -0.941. The number of nitrogens with zero attached hydrogens (tertiary/aromatic N) is 1. The maximum absolute atomic E-state index is 14.6. The summed E-state index contributed by atoms with van der Waals surface area (Å²) in [4.78, 5) is 12.8. The third kappa shape index (κ3) is 4.88. The number of rotatable bonds is 6. The molecular formula is C22H16BrF4NO3. The van der Waals surface area contributed by atoms with Crippen LogP contribution in [-0.4, -0.2) is 16.3 Å². The first-order valence-electron chi connectivity index (χ1n) is 8.98. The Balaban J connectivity index is 1.99. The van der Waals surface area contributed by atoms with Crippen LogP contribution < -0.4 is 10.3 Å². The van der Waals surface area contributed by atoms with Gasteiger partial charge in [0.2, 0.25) is 0 Å². The highest BCUT2D eigenvalue weighted by Gasteiger charge is 2.20. The van der Waals surface area contributed by atoms with Crippen LogP contribution in [0.3, 0.4) is 0 Å². The number of aliphatic hydroxyl groups excluding tert-OH is 1. The summed E-state index contributed by atoms with van der Waals surface area (Å²) in [5, 5.41) is 8.80. The molecule has 0 aliphatic carbocycles. The van der Waals surface area contributed by atoms with Crippen molar-refractivity contribution >= 4 is 22.0 Å². The quantitative estimate of drug-likeness (QED) is 0.485. The van der Waals surface area contributed by atoms with Gasteiger partial charge in [0, 0.05) is 23.4 Å². The van der Waals surface area contributed by atoms with Crippen LogP contribution >= 0.6 is 15.9 Å². The Morgan fingerprint density at radius 3 is 2.35 bits per heavy atom. The number of halogens is 5. The normalized spacial score (nSPS) is 11.3. The van der Waals surface area contributed by atoms with Crippen molar-refractivity contribution in [3.05, 3.63) is 97.4 Å². The van der Waals surface area contributed by atoms with E-state index in [1.165, 1.54) is 31.2 Å². The minimum absolute atomic E-state index is 0.0331. The van der Waals surface area contributed by atoms with Crippen molar-refractivity contribution in [3.8, 4) is 11.4 Å². The standard InChI is InChI=1S/C22H16BrF4NO3/c1-12-7-19(31-11-14-4-5-15(24)10-16(14)25)20(23)22(30)28(12)21-17(26)8-13(3-2-6-29)9-18(21)27/h2-5,7-10,29H,6,11H2,1H3/b3-2+. The van der Waals surface area contributed by atoms with Crippen molar-refractivity contribution in [2.45, 2.75) is 13.5 Å². The molecule has 162 valence electrons. The third-order valence-electron chi connectivity index (χ3n) is 4.38. The Labute approximate surface area is 183 Å². The first-order valence-corrected chi connectivity index (χ1v) is 9.78. The molecular weight excluding hydrogens is 482 g/mol. The number of aromatic nitrogens is 1. The third-order valence-corrected chi connectivity index (χ3v) is 5.11. The number of ether oxygens (including phenoxy) is 1. The molecule has 0 radical (unpaired) electrons. The van der Waals surface area contributed by atoms with Crippen LogP contribution in [0.4, 0.5) is 17.6 Å². The highest BCUT2D eigenvalue weighted by Crippen LogP contribution is 2.27. The number of benzene rings is 2. The van der Waals surface area contributed by atoms with Gasteiger partial charge in [-0.05, 0) is 52.7 Å². The Bertz CT molecular complexity index is 1200. The zero-order valence-electron chi connectivity index (χ0n) is 16.1. The number of hydrogen-bond acceptors (Lipinski definition) is 3. The summed E-state index contributed by atoms with van der Waals surface area (Å²) in [6.45, 7) is 0.875. The minimum atomic E-state index is -0.975. The molecule has 3 rings (SSSR count). The predicted octanol–water partition coefficient (Wildman–Crippen LogP) is 5.05. The highest BCUT2D eigenvalue weighted by atomic mass is 79.9. The average Bonchev–Trinajstić information content (AvgIpc) is 2.71. The van der Waals surface area contributed by atoms with E-state index < -0.39 is 34.5 Å². The zero-order chi connectivity index (χ0) is 22.7. The van der Waals surface area contributed by atoms with Crippen LogP contribution in [-0.2, 0) is 6.61 Å². The van der Waals surface area contributed by atoms with E-state index in [0.29, 0.717) is 6.07 Å². The van der Waals surface area contributed by atoms with E-state index in [1.807, 2.05) is 0 Å². The maximum atomic E-state index is 14.6. The summed E-state index contributed by atoms with van der Waals surface area (Å²) in [6, 6.07) is 6.43. The molecule has 1 N–H and O–H groups in total. The number of aryl methyl sites for hydroxylation is 1. The first kappa shape index (κ1) is 22.8. The second-order valence-corrected chi connectivity index (χ2v) is 7.34. The molecule has 0 fully saturated rings. The van der Waals surface area contributed by atoms with Gasteiger partial charge in [0.15, 0.2) is 11.6 Å². The van der Waals surface area contributed by atoms with Crippen molar-refractivity contribution in [1.82, 2.24) is 4.57 Å². The fourth-order valence-electron chi connectivity index (χ4n) is 2.94. The van der Waals surface area contributed by atoms with Gasteiger partial charge in [0.1, 0.15) is 34.2 Å². The molecule has 0 amide bonds. The summed E-state index contributed by atoms with van der Waals surface area (Å²) in [7, 11) is 0. The monoisotopic (exact) mass is 497 g/mol. The summed E-state index contributed by atoms with van der Waals surface area (Å²) >= 11 is 3.07. The highest BCUT2D eigenvalue weighted by molar-refractivity contribution is 9.10. The van der Waals surface area contributed by atoms with Crippen molar-refractivity contribution in [3.63, 3.8) is 0 Å². The van der Waals surface area contributed by atoms with Gasteiger partial charge in [0.25, 0.3) is 5.56 Å². The molecule has 0 unspecified atom stereocenters. The molecule has 0 saturated heterocycles. The molecule has 3 aromatic rings. The zero-order valence-corrected chi connectivity index (χ0v) is 17.7. The van der Waals surface area contributed by atoms with Gasteiger partial charge in [-0.25, -0.2) is 17.6 Å². The van der Waals surface area contributed by atoms with Crippen LogP contribution in [0.25, 0.3) is 11.8 Å². The Morgan fingerprint density at radius 1 is 1.06 bits per heavy atom. The molecule has 9 heteroatoms. The SMILES string of the molecule is Cc1cc(OCc2ccc(F)cc2F)c(Br)c(=O)n1-c1c(F)cc(/C=C/CO)cc1F. The molecule has 31 heavy (non-hydrogen) atoms. The second-order valence-electron chi connectivity index (χ2n) is 6.55. The topological polar surface area (TPSA) is 51.5 Å². The lowest BCUT2D eigenvalue weighted by Crippen LogP contribution is -2.24. The van der Waals surface area contributed by atoms with Crippen molar-refractivity contribution in [2.24, 2.45) is 0 Å². The summed E-state index contributed by atoms with van der Waals surface area (Å²) in [6.07, 6.45) is 2.66. The van der Waals surface area contributed by atoms with Gasteiger partial charge in [-0.1, -0.05) is 12.2 Å². The smallest absolute Gasteiger partial charge is 0.273 e. The predicted molar refractivity (Wildman–Crippen MR) is 111 cm³/mol. The average molecular weight is 498 g/mol. The number of pyridine rings is 1. The van der Waals surface area contributed by atoms with E-state index in [1.54, 1.807) is 0 Å². The molecule has 0 saturated carbocycles. The van der Waals surface area contributed by atoms with E-state index in [9.17, 15) is 22.4 Å². The summed E-state index contributed by atoms with van der Waals surface area (Å²) in [5.74, 6) is -3.46. The summed E-state index contributed by atoms with van der Waals surface area (Å²) < 4.78 is 62.3. The largest absolute Gasteiger partial charge is 0.487 e. The number of aliphatic hydroxyl groups is 1. The van der Waals surface area contributed by atoms with Crippen LogP contribution in [0, 0.1) is 30.2 Å². The molecule has 0 bridgehead atoms. The fourth-order valence-corrected chi connectivity index (χ4v) is 3.35. The van der Waals surface area contributed by atoms with E-state index >= 15 is 0 Å². The first-order chi connectivity index (χ1) is 14.7. The van der Waals surface area contributed by atoms with E-state index in [2.05, 4.69) is 15.9 Å². The van der Waals surface area contributed by atoms with Gasteiger partial charge in [-0.2, -0.15) is 0 Å². The lowest BCUT2D eigenvalue weighted by molar-refractivity contribution is 0.296. The Morgan fingerprint density at radius 2 is 1.74 bits per heavy atom. The van der Waals surface area contributed by atoms with E-state index in [-0.39, 0.29) is 40.3 Å². The van der Waals surface area contributed by atoms with E-state index in [0.717, 1.165) is 22.8 Å². The van der Waals surface area contributed by atoms with Gasteiger partial charge in [0.05, 0.1) is 6.61 Å². The lowest BCUT2D eigenvalue weighted by Gasteiger charge is -2.16. The molecule has 2 aromatic carbocycles. The van der Waals surface area contributed by atoms with Gasteiger partial charge < -0.3 is 9.84 Å². The fraction of sp³-hybridized carbons (Fsp3) is 0.136. The second kappa shape index (κ2) is 9.49.